The average Bonchev–Trinajstić information content (AvgIpc) is 2.74. The number of para-hydroxylation sites is 1. The van der Waals surface area contributed by atoms with Gasteiger partial charge in [0.05, 0.1) is 28.7 Å². The van der Waals surface area contributed by atoms with Gasteiger partial charge in [-0.2, -0.15) is 0 Å². The Hall–Kier alpha value is -3.70. The summed E-state index contributed by atoms with van der Waals surface area (Å²) in [7, 11) is -2.33. The number of nitro groups is 1. The lowest BCUT2D eigenvalue weighted by atomic mass is 10.2. The van der Waals surface area contributed by atoms with Crippen molar-refractivity contribution in [1.29, 1.82) is 0 Å². The van der Waals surface area contributed by atoms with E-state index in [1.165, 1.54) is 37.4 Å². The van der Waals surface area contributed by atoms with Crippen molar-refractivity contribution in [2.45, 2.75) is 4.90 Å². The molecule has 3 N–H and O–H groups in total. The summed E-state index contributed by atoms with van der Waals surface area (Å²) in [6.07, 6.45) is 0. The molecule has 3 rings (SSSR count). The van der Waals surface area contributed by atoms with Gasteiger partial charge in [-0.15, -0.1) is 0 Å². The molecule has 0 atom stereocenters. The molecule has 0 radical (unpaired) electrons. The predicted molar refractivity (Wildman–Crippen MR) is 123 cm³/mol. The standard InChI is InChI=1S/C20H18N4O5S2/c1-29-19-13-16(24(25)26)9-12-18(19)22-20(30)21-14-7-10-17(11-8-14)31(27,28)23-15-5-3-2-4-6-15/h2-13,23H,1H3,(H2,21,22,30). The van der Waals surface area contributed by atoms with Crippen LogP contribution >= 0.6 is 12.2 Å². The van der Waals surface area contributed by atoms with Gasteiger partial charge in [0.1, 0.15) is 5.75 Å². The third-order valence-electron chi connectivity index (χ3n) is 4.09. The molecule has 0 saturated heterocycles. The van der Waals surface area contributed by atoms with Crippen LogP contribution in [0.25, 0.3) is 0 Å². The lowest BCUT2D eigenvalue weighted by molar-refractivity contribution is -0.384. The molecule has 0 bridgehead atoms. The van der Waals surface area contributed by atoms with Gasteiger partial charge in [0.15, 0.2) is 5.11 Å². The van der Waals surface area contributed by atoms with Crippen LogP contribution in [0.2, 0.25) is 0 Å². The Morgan fingerprint density at radius 3 is 2.26 bits per heavy atom. The fourth-order valence-corrected chi connectivity index (χ4v) is 3.91. The number of benzene rings is 3. The number of nitro benzene ring substituents is 1. The monoisotopic (exact) mass is 458 g/mol. The molecule has 3 aromatic rings. The molecule has 0 heterocycles. The van der Waals surface area contributed by atoms with Crippen LogP contribution in [0.4, 0.5) is 22.7 Å². The second-order valence-electron chi connectivity index (χ2n) is 6.22. The molecule has 3 aromatic carbocycles. The predicted octanol–water partition coefficient (Wildman–Crippen LogP) is 4.21. The van der Waals surface area contributed by atoms with Gasteiger partial charge in [-0.05, 0) is 54.7 Å². The number of nitrogens with zero attached hydrogens (tertiary/aromatic N) is 1. The highest BCUT2D eigenvalue weighted by molar-refractivity contribution is 7.92. The zero-order chi connectivity index (χ0) is 22.4. The minimum atomic E-state index is -3.73. The summed E-state index contributed by atoms with van der Waals surface area (Å²) in [5.41, 5.74) is 1.35. The van der Waals surface area contributed by atoms with Crippen LogP contribution < -0.4 is 20.1 Å². The number of anilines is 3. The van der Waals surface area contributed by atoms with Crippen molar-refractivity contribution in [3.8, 4) is 5.75 Å². The van der Waals surface area contributed by atoms with E-state index in [0.717, 1.165) is 0 Å². The minimum Gasteiger partial charge on any atom is -0.494 e. The number of methoxy groups -OCH3 is 1. The number of thiocarbonyl (C=S) groups is 1. The van der Waals surface area contributed by atoms with Crippen LogP contribution in [0.1, 0.15) is 0 Å². The van der Waals surface area contributed by atoms with E-state index in [0.29, 0.717) is 17.1 Å². The fourth-order valence-electron chi connectivity index (χ4n) is 2.62. The van der Waals surface area contributed by atoms with Crippen molar-refractivity contribution in [3.05, 3.63) is 82.9 Å². The Morgan fingerprint density at radius 2 is 1.65 bits per heavy atom. The Bertz CT molecular complexity index is 1200. The first kappa shape index (κ1) is 22.0. The van der Waals surface area contributed by atoms with Gasteiger partial charge in [0.25, 0.3) is 15.7 Å². The first-order chi connectivity index (χ1) is 14.8. The summed E-state index contributed by atoms with van der Waals surface area (Å²) in [6.45, 7) is 0. The molecule has 0 aliphatic heterocycles. The van der Waals surface area contributed by atoms with Gasteiger partial charge in [0, 0.05) is 17.4 Å². The molecule has 0 saturated carbocycles. The SMILES string of the molecule is COc1cc([N+](=O)[O-])ccc1NC(=S)Nc1ccc(S(=O)(=O)Nc2ccccc2)cc1. The van der Waals surface area contributed by atoms with E-state index in [9.17, 15) is 18.5 Å². The normalized spacial score (nSPS) is 10.7. The summed E-state index contributed by atoms with van der Waals surface area (Å²) < 4.78 is 32.6. The summed E-state index contributed by atoms with van der Waals surface area (Å²) in [6, 6.07) is 18.7. The molecule has 31 heavy (non-hydrogen) atoms. The van der Waals surface area contributed by atoms with Gasteiger partial charge >= 0.3 is 0 Å². The maximum Gasteiger partial charge on any atom is 0.273 e. The number of ether oxygens (including phenoxy) is 1. The summed E-state index contributed by atoms with van der Waals surface area (Å²) in [4.78, 5) is 10.5. The summed E-state index contributed by atoms with van der Waals surface area (Å²) in [5, 5.41) is 16.9. The fraction of sp³-hybridized carbons (Fsp3) is 0.0500. The van der Waals surface area contributed by atoms with Crippen molar-refractivity contribution < 1.29 is 18.1 Å². The van der Waals surface area contributed by atoms with E-state index < -0.39 is 14.9 Å². The van der Waals surface area contributed by atoms with Crippen LogP contribution in [0.3, 0.4) is 0 Å². The van der Waals surface area contributed by atoms with Crippen molar-refractivity contribution in [1.82, 2.24) is 0 Å². The molecule has 0 aliphatic rings. The zero-order valence-corrected chi connectivity index (χ0v) is 17.9. The number of rotatable bonds is 7. The molecule has 0 aromatic heterocycles. The Kier molecular flexibility index (Phi) is 6.68. The molecule has 0 amide bonds. The van der Waals surface area contributed by atoms with Gasteiger partial charge in [-0.1, -0.05) is 18.2 Å². The van der Waals surface area contributed by atoms with Crippen molar-refractivity contribution in [3.63, 3.8) is 0 Å². The topological polar surface area (TPSA) is 123 Å². The van der Waals surface area contributed by atoms with E-state index in [1.54, 1.807) is 42.5 Å². The van der Waals surface area contributed by atoms with E-state index >= 15 is 0 Å². The van der Waals surface area contributed by atoms with Gasteiger partial charge < -0.3 is 15.4 Å². The largest absolute Gasteiger partial charge is 0.494 e. The Balaban J connectivity index is 1.67. The highest BCUT2D eigenvalue weighted by atomic mass is 32.2. The summed E-state index contributed by atoms with van der Waals surface area (Å²) >= 11 is 5.26. The minimum absolute atomic E-state index is 0.0952. The Morgan fingerprint density at radius 1 is 0.968 bits per heavy atom. The molecular weight excluding hydrogens is 440 g/mol. The smallest absolute Gasteiger partial charge is 0.273 e. The quantitative estimate of drug-likeness (QED) is 0.273. The first-order valence-corrected chi connectivity index (χ1v) is 10.8. The average molecular weight is 459 g/mol. The van der Waals surface area contributed by atoms with E-state index in [2.05, 4.69) is 15.4 Å². The lowest BCUT2D eigenvalue weighted by Gasteiger charge is -2.14. The van der Waals surface area contributed by atoms with Crippen molar-refractivity contribution >= 4 is 50.1 Å². The third kappa shape index (κ3) is 5.68. The second-order valence-corrected chi connectivity index (χ2v) is 8.31. The maximum absolute atomic E-state index is 12.5. The van der Waals surface area contributed by atoms with E-state index in [4.69, 9.17) is 17.0 Å². The number of hydrogen-bond acceptors (Lipinski definition) is 6. The molecule has 9 nitrogen and oxygen atoms in total. The van der Waals surface area contributed by atoms with Crippen molar-refractivity contribution in [2.24, 2.45) is 0 Å². The Labute approximate surface area is 184 Å². The molecule has 0 fully saturated rings. The molecule has 11 heteroatoms. The number of nitrogens with one attached hydrogen (secondary N) is 3. The highest BCUT2D eigenvalue weighted by Gasteiger charge is 2.15. The molecule has 0 unspecified atom stereocenters. The summed E-state index contributed by atoms with van der Waals surface area (Å²) in [5.74, 6) is 0.256. The van der Waals surface area contributed by atoms with Crippen LogP contribution in [0.15, 0.2) is 77.7 Å². The van der Waals surface area contributed by atoms with Gasteiger partial charge in [-0.25, -0.2) is 8.42 Å². The van der Waals surface area contributed by atoms with Gasteiger partial charge in [-0.3, -0.25) is 14.8 Å². The van der Waals surface area contributed by atoms with Crippen LogP contribution in [-0.2, 0) is 10.0 Å². The second kappa shape index (κ2) is 9.41. The molecule has 160 valence electrons. The number of hydrogen-bond donors (Lipinski definition) is 3. The maximum atomic E-state index is 12.5. The zero-order valence-electron chi connectivity index (χ0n) is 16.2. The van der Waals surface area contributed by atoms with Gasteiger partial charge in [0.2, 0.25) is 0 Å². The van der Waals surface area contributed by atoms with E-state index in [1.807, 2.05) is 0 Å². The first-order valence-electron chi connectivity index (χ1n) is 8.87. The number of non-ortho nitro benzene ring substituents is 1. The molecule has 0 aliphatic carbocycles. The van der Waals surface area contributed by atoms with Crippen LogP contribution in [0.5, 0.6) is 5.75 Å². The lowest BCUT2D eigenvalue weighted by Crippen LogP contribution is -2.19. The highest BCUT2D eigenvalue weighted by Crippen LogP contribution is 2.29. The number of sulfonamides is 1. The third-order valence-corrected chi connectivity index (χ3v) is 5.69. The van der Waals surface area contributed by atoms with Crippen LogP contribution in [0, 0.1) is 10.1 Å². The van der Waals surface area contributed by atoms with E-state index in [-0.39, 0.29) is 21.4 Å². The molecule has 0 spiro atoms. The van der Waals surface area contributed by atoms with Crippen molar-refractivity contribution in [2.75, 3.05) is 22.5 Å². The molecular formula is C20H18N4O5S2. The van der Waals surface area contributed by atoms with Crippen LogP contribution in [-0.4, -0.2) is 25.6 Å².